The maximum atomic E-state index is 10.4. The molecule has 0 aliphatic carbocycles. The van der Waals surface area contributed by atoms with Gasteiger partial charge in [-0.1, -0.05) is 12.1 Å². The van der Waals surface area contributed by atoms with Gasteiger partial charge >= 0.3 is 0 Å². The van der Waals surface area contributed by atoms with E-state index in [1.165, 1.54) is 6.07 Å². The Balaban J connectivity index is 3.28. The van der Waals surface area contributed by atoms with Crippen LogP contribution in [0.4, 0.5) is 11.4 Å². The highest BCUT2D eigenvalue weighted by atomic mass is 16.6. The lowest BCUT2D eigenvalue weighted by Gasteiger charge is -1.95. The number of nitro benzene ring substituents is 1. The molecule has 0 atom stereocenters. The number of nitro groups is 1. The Morgan fingerprint density at radius 3 is 2.75 bits per heavy atom. The van der Waals surface area contributed by atoms with E-state index in [4.69, 9.17) is 6.57 Å². The summed E-state index contributed by atoms with van der Waals surface area (Å²) in [5.41, 5.74) is 0.878. The first-order chi connectivity index (χ1) is 5.65. The molecule has 1 aromatic carbocycles. The highest BCUT2D eigenvalue weighted by molar-refractivity contribution is 5.55. The fourth-order valence-corrected chi connectivity index (χ4v) is 0.864. The van der Waals surface area contributed by atoms with Crippen molar-refractivity contribution < 1.29 is 4.92 Å². The number of hydrogen-bond acceptors (Lipinski definition) is 2. The van der Waals surface area contributed by atoms with E-state index >= 15 is 0 Å². The number of aryl methyl sites for hydroxylation is 1. The van der Waals surface area contributed by atoms with E-state index in [1.54, 1.807) is 19.1 Å². The Kier molecular flexibility index (Phi) is 2.06. The molecule has 0 heterocycles. The monoisotopic (exact) mass is 162 g/mol. The Hall–Kier alpha value is -1.89. The minimum Gasteiger partial charge on any atom is -0.258 e. The maximum absolute atomic E-state index is 10.4. The van der Waals surface area contributed by atoms with Crippen LogP contribution in [0.5, 0.6) is 0 Å². The molecule has 1 rings (SSSR count). The van der Waals surface area contributed by atoms with Crippen molar-refractivity contribution in [2.45, 2.75) is 6.92 Å². The van der Waals surface area contributed by atoms with Crippen molar-refractivity contribution in [2.75, 3.05) is 0 Å². The van der Waals surface area contributed by atoms with Crippen LogP contribution in [-0.4, -0.2) is 4.92 Å². The van der Waals surface area contributed by atoms with Gasteiger partial charge in [-0.2, -0.15) is 0 Å². The van der Waals surface area contributed by atoms with E-state index in [1.807, 2.05) is 0 Å². The van der Waals surface area contributed by atoms with Crippen LogP contribution in [0.2, 0.25) is 0 Å². The quantitative estimate of drug-likeness (QED) is 0.361. The smallest absolute Gasteiger partial charge is 0.258 e. The molecule has 1 aromatic rings. The minimum absolute atomic E-state index is 0.00324. The van der Waals surface area contributed by atoms with Crippen LogP contribution in [0.15, 0.2) is 18.2 Å². The van der Waals surface area contributed by atoms with Gasteiger partial charge in [0.1, 0.15) is 0 Å². The van der Waals surface area contributed by atoms with Gasteiger partial charge in [-0.15, -0.1) is 0 Å². The summed E-state index contributed by atoms with van der Waals surface area (Å²) in [6.07, 6.45) is 0. The van der Waals surface area contributed by atoms with E-state index in [2.05, 4.69) is 4.85 Å². The minimum atomic E-state index is -0.482. The lowest BCUT2D eigenvalue weighted by molar-refractivity contribution is -0.385. The van der Waals surface area contributed by atoms with Crippen molar-refractivity contribution in [1.29, 1.82) is 0 Å². The van der Waals surface area contributed by atoms with Crippen LogP contribution in [0.3, 0.4) is 0 Å². The van der Waals surface area contributed by atoms with Gasteiger partial charge in [-0.25, -0.2) is 4.85 Å². The average molecular weight is 162 g/mol. The Bertz CT molecular complexity index is 366. The van der Waals surface area contributed by atoms with Gasteiger partial charge in [0.25, 0.3) is 5.69 Å². The lowest BCUT2D eigenvalue weighted by Crippen LogP contribution is -1.90. The first-order valence-corrected chi connectivity index (χ1v) is 3.27. The molecule has 0 amide bonds. The Labute approximate surface area is 69.4 Å². The number of rotatable bonds is 1. The molecule has 12 heavy (non-hydrogen) atoms. The van der Waals surface area contributed by atoms with E-state index in [0.717, 1.165) is 0 Å². The third-order valence-corrected chi connectivity index (χ3v) is 1.52. The van der Waals surface area contributed by atoms with Crippen molar-refractivity contribution in [3.8, 4) is 0 Å². The van der Waals surface area contributed by atoms with Crippen LogP contribution in [-0.2, 0) is 0 Å². The number of hydrogen-bond donors (Lipinski definition) is 0. The highest BCUT2D eigenvalue weighted by Gasteiger charge is 2.09. The lowest BCUT2D eigenvalue weighted by atomic mass is 10.2. The molecule has 0 radical (unpaired) electrons. The van der Waals surface area contributed by atoms with Crippen LogP contribution >= 0.6 is 0 Å². The molecule has 0 aliphatic rings. The second-order valence-corrected chi connectivity index (χ2v) is 2.34. The third-order valence-electron chi connectivity index (χ3n) is 1.52. The van der Waals surface area contributed by atoms with Crippen molar-refractivity contribution >= 4 is 11.4 Å². The van der Waals surface area contributed by atoms with Crippen LogP contribution in [0, 0.1) is 23.6 Å². The van der Waals surface area contributed by atoms with E-state index in [9.17, 15) is 10.1 Å². The van der Waals surface area contributed by atoms with Crippen molar-refractivity contribution in [3.05, 3.63) is 45.3 Å². The van der Waals surface area contributed by atoms with Crippen LogP contribution < -0.4 is 0 Å². The summed E-state index contributed by atoms with van der Waals surface area (Å²) in [6, 6.07) is 4.42. The van der Waals surface area contributed by atoms with Crippen molar-refractivity contribution in [3.63, 3.8) is 0 Å². The van der Waals surface area contributed by atoms with Gasteiger partial charge < -0.3 is 0 Å². The molecule has 0 aromatic heterocycles. The summed E-state index contributed by atoms with van der Waals surface area (Å²) in [6.45, 7) is 8.30. The van der Waals surface area contributed by atoms with Gasteiger partial charge in [0.05, 0.1) is 11.5 Å². The van der Waals surface area contributed by atoms with Crippen LogP contribution in [0.1, 0.15) is 5.56 Å². The summed E-state index contributed by atoms with van der Waals surface area (Å²) >= 11 is 0. The molecular formula is C8H6N2O2. The molecular weight excluding hydrogens is 156 g/mol. The summed E-state index contributed by atoms with van der Waals surface area (Å²) in [7, 11) is 0. The Morgan fingerprint density at radius 2 is 2.25 bits per heavy atom. The standard InChI is InChI=1S/C8H6N2O2/c1-6-3-4-7(9-2)5-8(6)10(11)12/h3-5H,1H3. The molecule has 0 N–H and O–H groups in total. The molecule has 0 unspecified atom stereocenters. The molecule has 60 valence electrons. The first kappa shape index (κ1) is 8.21. The first-order valence-electron chi connectivity index (χ1n) is 3.27. The zero-order valence-corrected chi connectivity index (χ0v) is 6.44. The topological polar surface area (TPSA) is 47.5 Å². The third kappa shape index (κ3) is 1.40. The number of nitrogens with zero attached hydrogens (tertiary/aromatic N) is 2. The summed E-state index contributed by atoms with van der Waals surface area (Å²) < 4.78 is 0. The largest absolute Gasteiger partial charge is 0.262 e. The fraction of sp³-hybridized carbons (Fsp3) is 0.125. The van der Waals surface area contributed by atoms with E-state index in [0.29, 0.717) is 11.3 Å². The van der Waals surface area contributed by atoms with Gasteiger partial charge in [0.2, 0.25) is 0 Å². The summed E-state index contributed by atoms with van der Waals surface area (Å²) in [5.74, 6) is 0. The Morgan fingerprint density at radius 1 is 1.58 bits per heavy atom. The van der Waals surface area contributed by atoms with Gasteiger partial charge in [-0.3, -0.25) is 10.1 Å². The highest BCUT2D eigenvalue weighted by Crippen LogP contribution is 2.23. The molecule has 4 nitrogen and oxygen atoms in total. The second kappa shape index (κ2) is 3.01. The van der Waals surface area contributed by atoms with E-state index in [-0.39, 0.29) is 5.69 Å². The predicted octanol–water partition coefficient (Wildman–Crippen LogP) is 2.45. The molecule has 0 spiro atoms. The normalized spacial score (nSPS) is 9.00. The SMILES string of the molecule is [C-]#[N+]c1ccc(C)c([N+](=O)[O-])c1. The van der Waals surface area contributed by atoms with Gasteiger partial charge in [0, 0.05) is 11.6 Å². The molecule has 4 heteroatoms. The zero-order valence-electron chi connectivity index (χ0n) is 6.44. The van der Waals surface area contributed by atoms with Crippen LogP contribution in [0.25, 0.3) is 4.85 Å². The van der Waals surface area contributed by atoms with Crippen molar-refractivity contribution in [2.24, 2.45) is 0 Å². The molecule has 0 fully saturated rings. The number of benzene rings is 1. The predicted molar refractivity (Wildman–Crippen MR) is 44.1 cm³/mol. The second-order valence-electron chi connectivity index (χ2n) is 2.34. The maximum Gasteiger partial charge on any atom is 0.262 e. The van der Waals surface area contributed by atoms with Gasteiger partial charge in [0.15, 0.2) is 5.69 Å². The van der Waals surface area contributed by atoms with Gasteiger partial charge in [-0.05, 0) is 6.92 Å². The fourth-order valence-electron chi connectivity index (χ4n) is 0.864. The molecule has 0 saturated carbocycles. The zero-order chi connectivity index (χ0) is 9.14. The van der Waals surface area contributed by atoms with Crippen molar-refractivity contribution in [1.82, 2.24) is 0 Å². The molecule has 0 bridgehead atoms. The van der Waals surface area contributed by atoms with E-state index < -0.39 is 4.92 Å². The average Bonchev–Trinajstić information content (AvgIpc) is 2.05. The summed E-state index contributed by atoms with van der Waals surface area (Å²) in [5, 5.41) is 10.4. The molecule has 0 saturated heterocycles. The summed E-state index contributed by atoms with van der Waals surface area (Å²) in [4.78, 5) is 13.0. The molecule has 0 aliphatic heterocycles.